The standard InChI is InChI=1S/C19H26INO4/c1-13(20)17(22)24-16-7-5-14(6-8-16)15-9-11-21(12-10-15)18(23)25-19(2,3)4/h5-8,13,15H,9-12H2,1-4H3. The van der Waals surface area contributed by atoms with E-state index in [1.54, 1.807) is 11.8 Å². The van der Waals surface area contributed by atoms with Gasteiger partial charge in [-0.05, 0) is 64.2 Å². The number of carbonyl (C=O) groups is 2. The van der Waals surface area contributed by atoms with E-state index in [1.165, 1.54) is 5.56 Å². The molecule has 1 aromatic rings. The molecule has 0 radical (unpaired) electrons. The maximum Gasteiger partial charge on any atom is 0.410 e. The van der Waals surface area contributed by atoms with Crippen LogP contribution in [0.4, 0.5) is 4.79 Å². The molecule has 0 aromatic heterocycles. The molecule has 1 atom stereocenters. The van der Waals surface area contributed by atoms with Gasteiger partial charge in [0.15, 0.2) is 0 Å². The molecule has 1 aromatic carbocycles. The molecule has 0 aliphatic carbocycles. The minimum atomic E-state index is -0.462. The van der Waals surface area contributed by atoms with E-state index in [-0.39, 0.29) is 16.0 Å². The number of amides is 1. The van der Waals surface area contributed by atoms with E-state index >= 15 is 0 Å². The van der Waals surface area contributed by atoms with E-state index in [4.69, 9.17) is 9.47 Å². The first kappa shape index (κ1) is 20.0. The second kappa shape index (κ2) is 8.38. The molecular formula is C19H26INO4. The van der Waals surface area contributed by atoms with Gasteiger partial charge in [-0.25, -0.2) is 4.79 Å². The number of alkyl halides is 1. The summed E-state index contributed by atoms with van der Waals surface area (Å²) in [6.45, 7) is 8.83. The van der Waals surface area contributed by atoms with E-state index in [9.17, 15) is 9.59 Å². The average Bonchev–Trinajstić information content (AvgIpc) is 2.54. The second-order valence-electron chi connectivity index (χ2n) is 7.35. The van der Waals surface area contributed by atoms with Gasteiger partial charge in [-0.1, -0.05) is 34.7 Å². The molecule has 1 saturated heterocycles. The van der Waals surface area contributed by atoms with Crippen LogP contribution >= 0.6 is 22.6 Å². The highest BCUT2D eigenvalue weighted by atomic mass is 127. The topological polar surface area (TPSA) is 55.8 Å². The number of nitrogens with zero attached hydrogens (tertiary/aromatic N) is 1. The lowest BCUT2D eigenvalue weighted by molar-refractivity contribution is -0.133. The number of esters is 1. The third kappa shape index (κ3) is 6.17. The van der Waals surface area contributed by atoms with Gasteiger partial charge in [-0.15, -0.1) is 0 Å². The molecular weight excluding hydrogens is 433 g/mol. The Labute approximate surface area is 163 Å². The molecule has 5 nitrogen and oxygen atoms in total. The highest BCUT2D eigenvalue weighted by Gasteiger charge is 2.27. The summed E-state index contributed by atoms with van der Waals surface area (Å²) in [7, 11) is 0. The van der Waals surface area contributed by atoms with Crippen LogP contribution in [0.25, 0.3) is 0 Å². The van der Waals surface area contributed by atoms with Gasteiger partial charge >= 0.3 is 12.1 Å². The highest BCUT2D eigenvalue weighted by Crippen LogP contribution is 2.30. The molecule has 1 heterocycles. The number of halogens is 1. The number of hydrogen-bond donors (Lipinski definition) is 0. The number of carbonyl (C=O) groups excluding carboxylic acids is 2. The Balaban J connectivity index is 1.88. The Morgan fingerprint density at radius 3 is 2.20 bits per heavy atom. The van der Waals surface area contributed by atoms with E-state index in [0.717, 1.165) is 12.8 Å². The molecule has 138 valence electrons. The number of hydrogen-bond acceptors (Lipinski definition) is 4. The zero-order valence-corrected chi connectivity index (χ0v) is 17.4. The lowest BCUT2D eigenvalue weighted by Gasteiger charge is -2.33. The predicted octanol–water partition coefficient (Wildman–Crippen LogP) is 4.53. The maximum atomic E-state index is 12.1. The fourth-order valence-corrected chi connectivity index (χ4v) is 2.85. The van der Waals surface area contributed by atoms with Crippen molar-refractivity contribution in [2.24, 2.45) is 0 Å². The predicted molar refractivity (Wildman–Crippen MR) is 105 cm³/mol. The molecule has 0 bridgehead atoms. The normalized spacial score (nSPS) is 17.1. The number of piperidine rings is 1. The molecule has 0 saturated carbocycles. The number of likely N-dealkylation sites (tertiary alicyclic amines) is 1. The summed E-state index contributed by atoms with van der Waals surface area (Å²) in [5.41, 5.74) is 0.752. The Morgan fingerprint density at radius 1 is 1.16 bits per heavy atom. The van der Waals surface area contributed by atoms with Crippen molar-refractivity contribution in [2.75, 3.05) is 13.1 Å². The van der Waals surface area contributed by atoms with Crippen molar-refractivity contribution in [3.63, 3.8) is 0 Å². The van der Waals surface area contributed by atoms with Crippen LogP contribution in [0.2, 0.25) is 0 Å². The molecule has 6 heteroatoms. The average molecular weight is 459 g/mol. The molecule has 1 aliphatic heterocycles. The van der Waals surface area contributed by atoms with Gasteiger partial charge in [-0.3, -0.25) is 4.79 Å². The van der Waals surface area contributed by atoms with Crippen molar-refractivity contribution in [1.29, 1.82) is 0 Å². The smallest absolute Gasteiger partial charge is 0.410 e. The van der Waals surface area contributed by atoms with Gasteiger partial charge in [0.05, 0.1) is 0 Å². The molecule has 1 unspecified atom stereocenters. The quantitative estimate of drug-likeness (QED) is 0.289. The van der Waals surface area contributed by atoms with Gasteiger partial charge in [0.2, 0.25) is 0 Å². The summed E-state index contributed by atoms with van der Waals surface area (Å²) in [5, 5.41) is 0. The minimum absolute atomic E-state index is 0.172. The molecule has 0 spiro atoms. The van der Waals surface area contributed by atoms with Crippen LogP contribution in [0.1, 0.15) is 52.0 Å². The molecule has 2 rings (SSSR count). The Kier molecular flexibility index (Phi) is 6.71. The maximum absolute atomic E-state index is 12.1. The van der Waals surface area contributed by atoms with Gasteiger partial charge in [0.25, 0.3) is 0 Å². The summed E-state index contributed by atoms with van der Waals surface area (Å²) in [5.74, 6) is 0.745. The van der Waals surface area contributed by atoms with Crippen molar-refractivity contribution in [1.82, 2.24) is 4.90 Å². The van der Waals surface area contributed by atoms with E-state index < -0.39 is 5.60 Å². The fraction of sp³-hybridized carbons (Fsp3) is 0.579. The molecule has 1 aliphatic rings. The minimum Gasteiger partial charge on any atom is -0.444 e. The summed E-state index contributed by atoms with van der Waals surface area (Å²) >= 11 is 2.04. The number of benzene rings is 1. The van der Waals surface area contributed by atoms with Crippen molar-refractivity contribution in [3.8, 4) is 5.75 Å². The SMILES string of the molecule is CC(I)C(=O)Oc1ccc(C2CCN(C(=O)OC(C)(C)C)CC2)cc1. The second-order valence-corrected chi connectivity index (χ2v) is 9.22. The van der Waals surface area contributed by atoms with Gasteiger partial charge < -0.3 is 14.4 Å². The van der Waals surface area contributed by atoms with E-state index in [0.29, 0.717) is 24.8 Å². The first-order valence-corrected chi connectivity index (χ1v) is 9.84. The van der Waals surface area contributed by atoms with Crippen molar-refractivity contribution in [3.05, 3.63) is 29.8 Å². The highest BCUT2D eigenvalue weighted by molar-refractivity contribution is 14.1. The van der Waals surface area contributed by atoms with Crippen LogP contribution in [0.15, 0.2) is 24.3 Å². The molecule has 1 amide bonds. The Bertz CT molecular complexity index is 599. The van der Waals surface area contributed by atoms with Crippen LogP contribution in [0.3, 0.4) is 0 Å². The zero-order chi connectivity index (χ0) is 18.6. The van der Waals surface area contributed by atoms with E-state index in [1.807, 2.05) is 67.6 Å². The van der Waals surface area contributed by atoms with Crippen LogP contribution < -0.4 is 4.74 Å². The number of rotatable bonds is 3. The first-order chi connectivity index (χ1) is 11.7. The monoisotopic (exact) mass is 459 g/mol. The lowest BCUT2D eigenvalue weighted by atomic mass is 9.89. The summed E-state index contributed by atoms with van der Waals surface area (Å²) < 4.78 is 10.6. The van der Waals surface area contributed by atoms with Crippen LogP contribution in [0, 0.1) is 0 Å². The molecule has 0 N–H and O–H groups in total. The van der Waals surface area contributed by atoms with Gasteiger partial charge in [-0.2, -0.15) is 0 Å². The fourth-order valence-electron chi connectivity index (χ4n) is 2.73. The van der Waals surface area contributed by atoms with Crippen LogP contribution in [-0.4, -0.2) is 39.6 Å². The third-order valence-corrected chi connectivity index (χ3v) is 4.55. The summed E-state index contributed by atoms with van der Waals surface area (Å²) in [6, 6.07) is 7.70. The van der Waals surface area contributed by atoms with Crippen LogP contribution in [-0.2, 0) is 9.53 Å². The van der Waals surface area contributed by atoms with Crippen molar-refractivity contribution in [2.45, 2.75) is 56.0 Å². The zero-order valence-electron chi connectivity index (χ0n) is 15.3. The number of ether oxygens (including phenoxy) is 2. The van der Waals surface area contributed by atoms with Crippen LogP contribution in [0.5, 0.6) is 5.75 Å². The summed E-state index contributed by atoms with van der Waals surface area (Å²) in [4.78, 5) is 25.5. The first-order valence-electron chi connectivity index (χ1n) is 8.59. The largest absolute Gasteiger partial charge is 0.444 e. The third-order valence-electron chi connectivity index (χ3n) is 4.04. The Morgan fingerprint density at radius 2 is 1.72 bits per heavy atom. The van der Waals surface area contributed by atoms with Gasteiger partial charge in [0.1, 0.15) is 15.3 Å². The molecule has 25 heavy (non-hydrogen) atoms. The van der Waals surface area contributed by atoms with Crippen molar-refractivity contribution < 1.29 is 19.1 Å². The molecule has 1 fully saturated rings. The van der Waals surface area contributed by atoms with E-state index in [2.05, 4.69) is 0 Å². The summed E-state index contributed by atoms with van der Waals surface area (Å²) in [6.07, 6.45) is 1.58. The lowest BCUT2D eigenvalue weighted by Crippen LogP contribution is -2.41. The Hall–Kier alpha value is -1.31. The van der Waals surface area contributed by atoms with Crippen molar-refractivity contribution >= 4 is 34.7 Å². The van der Waals surface area contributed by atoms with Gasteiger partial charge in [0, 0.05) is 13.1 Å².